The molecule has 146 valence electrons. The lowest BCUT2D eigenvalue weighted by molar-refractivity contribution is -0.145. The molecule has 0 bridgehead atoms. The lowest BCUT2D eigenvalue weighted by Crippen LogP contribution is -2.15. The molecule has 10 nitrogen and oxygen atoms in total. The van der Waals surface area contributed by atoms with E-state index in [1.54, 1.807) is 12.1 Å². The summed E-state index contributed by atoms with van der Waals surface area (Å²) in [6.07, 6.45) is 0.166. The van der Waals surface area contributed by atoms with Gasteiger partial charge in [0.15, 0.2) is 12.4 Å². The van der Waals surface area contributed by atoms with Crippen molar-refractivity contribution in [1.29, 1.82) is 0 Å². The van der Waals surface area contributed by atoms with E-state index in [1.807, 2.05) is 13.0 Å². The fourth-order valence-corrected chi connectivity index (χ4v) is 2.76. The van der Waals surface area contributed by atoms with Crippen molar-refractivity contribution in [2.24, 2.45) is 0 Å². The highest BCUT2D eigenvalue weighted by Crippen LogP contribution is 2.24. The molecule has 0 atom stereocenters. The molecule has 0 radical (unpaired) electrons. The SMILES string of the molecule is COc1ccc2c(C)c(CCC(=O)OCc3nc(N)nc(N)n3)c(=O)oc2c1. The molecule has 0 amide bonds. The van der Waals surface area contributed by atoms with E-state index < -0.39 is 11.6 Å². The van der Waals surface area contributed by atoms with Gasteiger partial charge >= 0.3 is 11.6 Å². The van der Waals surface area contributed by atoms with Crippen molar-refractivity contribution in [3.05, 3.63) is 45.6 Å². The summed E-state index contributed by atoms with van der Waals surface area (Å²) in [7, 11) is 1.53. The van der Waals surface area contributed by atoms with Crippen LogP contribution in [0.2, 0.25) is 0 Å². The Hall–Kier alpha value is -3.69. The van der Waals surface area contributed by atoms with Gasteiger partial charge in [0.05, 0.1) is 7.11 Å². The second-order valence-electron chi connectivity index (χ2n) is 5.98. The van der Waals surface area contributed by atoms with E-state index in [0.29, 0.717) is 16.9 Å². The summed E-state index contributed by atoms with van der Waals surface area (Å²) in [5, 5.41) is 0.778. The first-order valence-corrected chi connectivity index (χ1v) is 8.39. The van der Waals surface area contributed by atoms with Gasteiger partial charge in [-0.15, -0.1) is 0 Å². The maximum absolute atomic E-state index is 12.3. The van der Waals surface area contributed by atoms with Gasteiger partial charge in [-0.05, 0) is 31.0 Å². The molecule has 2 aromatic heterocycles. The summed E-state index contributed by atoms with van der Waals surface area (Å²) in [6.45, 7) is 1.61. The number of benzene rings is 1. The minimum atomic E-state index is -0.522. The number of carbonyl (C=O) groups excluding carboxylic acids is 1. The van der Waals surface area contributed by atoms with E-state index in [9.17, 15) is 9.59 Å². The first-order valence-electron chi connectivity index (χ1n) is 8.39. The van der Waals surface area contributed by atoms with E-state index in [-0.39, 0.29) is 37.2 Å². The summed E-state index contributed by atoms with van der Waals surface area (Å²) in [5.74, 6) is 0.102. The standard InChI is InChI=1S/C18H19N5O5/c1-9-11-4-3-10(26-2)7-13(11)28-16(25)12(9)5-6-15(24)27-8-14-21-17(19)23-18(20)22-14/h3-4,7H,5-6,8H2,1-2H3,(H4,19,20,21,22,23). The number of ether oxygens (including phenoxy) is 2. The maximum Gasteiger partial charge on any atom is 0.339 e. The number of aromatic nitrogens is 3. The summed E-state index contributed by atoms with van der Waals surface area (Å²) in [5.41, 5.74) is 12.0. The Morgan fingerprint density at radius 1 is 1.18 bits per heavy atom. The summed E-state index contributed by atoms with van der Waals surface area (Å²) >= 11 is 0. The van der Waals surface area contributed by atoms with Crippen LogP contribution in [-0.4, -0.2) is 28.0 Å². The highest BCUT2D eigenvalue weighted by Gasteiger charge is 2.15. The van der Waals surface area contributed by atoms with Gasteiger partial charge in [-0.25, -0.2) is 4.79 Å². The van der Waals surface area contributed by atoms with Crippen molar-refractivity contribution in [3.63, 3.8) is 0 Å². The molecule has 3 rings (SSSR count). The predicted octanol–water partition coefficient (Wildman–Crippen LogP) is 1.14. The molecule has 0 fully saturated rings. The average molecular weight is 385 g/mol. The van der Waals surface area contributed by atoms with E-state index in [0.717, 1.165) is 10.9 Å². The van der Waals surface area contributed by atoms with Crippen LogP contribution in [0.15, 0.2) is 27.4 Å². The Kier molecular flexibility index (Phi) is 5.39. The number of nitrogens with two attached hydrogens (primary N) is 2. The zero-order valence-corrected chi connectivity index (χ0v) is 15.4. The fourth-order valence-electron chi connectivity index (χ4n) is 2.76. The molecule has 0 unspecified atom stereocenters. The second-order valence-corrected chi connectivity index (χ2v) is 5.98. The van der Waals surface area contributed by atoms with Gasteiger partial charge in [-0.2, -0.15) is 15.0 Å². The van der Waals surface area contributed by atoms with E-state index >= 15 is 0 Å². The Morgan fingerprint density at radius 3 is 2.57 bits per heavy atom. The van der Waals surface area contributed by atoms with Crippen molar-refractivity contribution in [1.82, 2.24) is 15.0 Å². The highest BCUT2D eigenvalue weighted by molar-refractivity contribution is 5.82. The van der Waals surface area contributed by atoms with Crippen LogP contribution < -0.4 is 21.8 Å². The number of aryl methyl sites for hydroxylation is 1. The number of anilines is 2. The molecule has 1 aromatic carbocycles. The third kappa shape index (κ3) is 4.17. The van der Waals surface area contributed by atoms with Gasteiger partial charge in [0.2, 0.25) is 11.9 Å². The Bertz CT molecular complexity index is 1080. The Morgan fingerprint density at radius 2 is 1.89 bits per heavy atom. The number of carbonyl (C=O) groups is 1. The molecule has 0 aliphatic rings. The quantitative estimate of drug-likeness (QED) is 0.465. The second kappa shape index (κ2) is 7.91. The number of hydrogen-bond acceptors (Lipinski definition) is 10. The van der Waals surface area contributed by atoms with E-state index in [2.05, 4.69) is 15.0 Å². The third-order valence-electron chi connectivity index (χ3n) is 4.15. The van der Waals surface area contributed by atoms with Gasteiger partial charge in [0.1, 0.15) is 11.3 Å². The monoisotopic (exact) mass is 385 g/mol. The van der Waals surface area contributed by atoms with Gasteiger partial charge < -0.3 is 25.4 Å². The molecule has 28 heavy (non-hydrogen) atoms. The molecule has 0 aliphatic carbocycles. The molecule has 4 N–H and O–H groups in total. The highest BCUT2D eigenvalue weighted by atomic mass is 16.5. The molecule has 0 aliphatic heterocycles. The Balaban J connectivity index is 1.69. The van der Waals surface area contributed by atoms with Crippen molar-refractivity contribution in [2.75, 3.05) is 18.6 Å². The van der Waals surface area contributed by atoms with E-state index in [4.69, 9.17) is 25.4 Å². The number of nitrogens with zero attached hydrogens (tertiary/aromatic N) is 3. The van der Waals surface area contributed by atoms with Crippen LogP contribution in [0.4, 0.5) is 11.9 Å². The van der Waals surface area contributed by atoms with Gasteiger partial charge in [-0.3, -0.25) is 4.79 Å². The third-order valence-corrected chi connectivity index (χ3v) is 4.15. The maximum atomic E-state index is 12.3. The predicted molar refractivity (Wildman–Crippen MR) is 101 cm³/mol. The molecule has 3 aromatic rings. The number of hydrogen-bond donors (Lipinski definition) is 2. The summed E-state index contributed by atoms with van der Waals surface area (Å²) < 4.78 is 15.6. The van der Waals surface area contributed by atoms with Crippen LogP contribution in [-0.2, 0) is 22.6 Å². The van der Waals surface area contributed by atoms with Gasteiger partial charge in [0, 0.05) is 23.4 Å². The fraction of sp³-hybridized carbons (Fsp3) is 0.278. The summed E-state index contributed by atoms with van der Waals surface area (Å²) in [4.78, 5) is 35.6. The lowest BCUT2D eigenvalue weighted by Gasteiger charge is -2.09. The van der Waals surface area contributed by atoms with Gasteiger partial charge in [0.25, 0.3) is 0 Å². The number of methoxy groups -OCH3 is 1. The minimum Gasteiger partial charge on any atom is -0.497 e. The normalized spacial score (nSPS) is 10.8. The lowest BCUT2D eigenvalue weighted by atomic mass is 10.0. The van der Waals surface area contributed by atoms with Crippen molar-refractivity contribution in [2.45, 2.75) is 26.4 Å². The van der Waals surface area contributed by atoms with Crippen molar-refractivity contribution in [3.8, 4) is 5.75 Å². The van der Waals surface area contributed by atoms with Crippen LogP contribution in [0.3, 0.4) is 0 Å². The van der Waals surface area contributed by atoms with Crippen LogP contribution in [0.1, 0.15) is 23.4 Å². The van der Waals surface area contributed by atoms with Crippen molar-refractivity contribution >= 4 is 28.8 Å². The molecular weight excluding hydrogens is 366 g/mol. The zero-order valence-electron chi connectivity index (χ0n) is 15.4. The minimum absolute atomic E-state index is 0.0106. The van der Waals surface area contributed by atoms with E-state index in [1.165, 1.54) is 7.11 Å². The number of nitrogen functional groups attached to an aromatic ring is 2. The smallest absolute Gasteiger partial charge is 0.339 e. The van der Waals surface area contributed by atoms with Crippen LogP contribution in [0, 0.1) is 6.92 Å². The van der Waals surface area contributed by atoms with Crippen LogP contribution in [0.25, 0.3) is 11.0 Å². The summed E-state index contributed by atoms with van der Waals surface area (Å²) in [6, 6.07) is 5.23. The molecule has 0 spiro atoms. The molecular formula is C18H19N5O5. The average Bonchev–Trinajstić information content (AvgIpc) is 2.65. The number of fused-ring (bicyclic) bond motifs is 1. The first-order chi connectivity index (χ1) is 13.4. The zero-order chi connectivity index (χ0) is 20.3. The van der Waals surface area contributed by atoms with Crippen molar-refractivity contribution < 1.29 is 18.7 Å². The number of rotatable bonds is 6. The number of esters is 1. The van der Waals surface area contributed by atoms with Crippen LogP contribution >= 0.6 is 0 Å². The molecule has 0 saturated carbocycles. The Labute approximate surface area is 159 Å². The largest absolute Gasteiger partial charge is 0.497 e. The van der Waals surface area contributed by atoms with Gasteiger partial charge in [-0.1, -0.05) is 0 Å². The molecule has 2 heterocycles. The molecule has 10 heteroatoms. The first kappa shape index (κ1) is 19.1. The van der Waals surface area contributed by atoms with Crippen LogP contribution in [0.5, 0.6) is 5.75 Å². The molecule has 0 saturated heterocycles. The topological polar surface area (TPSA) is 156 Å².